The Hall–Kier alpha value is -4.70. The molecule has 0 radical (unpaired) electrons. The van der Waals surface area contributed by atoms with E-state index < -0.39 is 0 Å². The van der Waals surface area contributed by atoms with E-state index in [4.69, 9.17) is 0 Å². The second-order valence-corrected chi connectivity index (χ2v) is 9.84. The van der Waals surface area contributed by atoms with Gasteiger partial charge in [-0.2, -0.15) is 0 Å². The van der Waals surface area contributed by atoms with Crippen LogP contribution in [0.2, 0.25) is 0 Å². The lowest BCUT2D eigenvalue weighted by Crippen LogP contribution is -2.07. The molecule has 0 saturated heterocycles. The van der Waals surface area contributed by atoms with Gasteiger partial charge in [0.25, 0.3) is 0 Å². The van der Waals surface area contributed by atoms with Gasteiger partial charge in [-0.3, -0.25) is 0 Å². The zero-order valence-corrected chi connectivity index (χ0v) is 21.3. The van der Waals surface area contributed by atoms with Gasteiger partial charge in [-0.25, -0.2) is 0 Å². The molecule has 0 amide bonds. The third-order valence-corrected chi connectivity index (χ3v) is 7.04. The van der Waals surface area contributed by atoms with Crippen molar-refractivity contribution in [2.45, 2.75) is 25.7 Å². The van der Waals surface area contributed by atoms with E-state index in [0.717, 1.165) is 44.5 Å². The average Bonchev–Trinajstić information content (AvgIpc) is 2.91. The van der Waals surface area contributed by atoms with Crippen LogP contribution in [0.3, 0.4) is 0 Å². The number of aromatic hydroxyl groups is 4. The molecule has 0 spiro atoms. The number of benzene rings is 5. The summed E-state index contributed by atoms with van der Waals surface area (Å²) < 4.78 is 0. The smallest absolute Gasteiger partial charge is 0.119 e. The van der Waals surface area contributed by atoms with Crippen molar-refractivity contribution in [3.8, 4) is 23.0 Å². The highest BCUT2D eigenvalue weighted by Crippen LogP contribution is 2.42. The van der Waals surface area contributed by atoms with Crippen molar-refractivity contribution in [1.29, 1.82) is 0 Å². The predicted molar refractivity (Wildman–Crippen MR) is 150 cm³/mol. The first-order chi connectivity index (χ1) is 18.3. The molecular weight excluding hydrogens is 472 g/mol. The van der Waals surface area contributed by atoms with Crippen LogP contribution in [0, 0.1) is 13.8 Å². The maximum Gasteiger partial charge on any atom is 0.119 e. The SMILES string of the molecule is Cc1ccc(O)c(C(c2ccc(C(c3ccc(O)cc3)c3ccc(O)cc3)cc2)c2cc(C)ccc2O)c1. The van der Waals surface area contributed by atoms with Crippen molar-refractivity contribution in [3.63, 3.8) is 0 Å². The molecule has 0 aliphatic carbocycles. The molecule has 5 rings (SSSR count). The molecule has 0 aliphatic heterocycles. The van der Waals surface area contributed by atoms with Crippen LogP contribution < -0.4 is 0 Å². The Balaban J connectivity index is 1.64. The monoisotopic (exact) mass is 502 g/mol. The quantitative estimate of drug-likeness (QED) is 0.181. The summed E-state index contributed by atoms with van der Waals surface area (Å²) in [5, 5.41) is 41.4. The molecule has 0 aliphatic rings. The summed E-state index contributed by atoms with van der Waals surface area (Å²) in [5.41, 5.74) is 7.48. The molecule has 190 valence electrons. The average molecular weight is 503 g/mol. The molecule has 38 heavy (non-hydrogen) atoms. The molecule has 4 nitrogen and oxygen atoms in total. The highest BCUT2D eigenvalue weighted by Gasteiger charge is 2.24. The maximum absolute atomic E-state index is 10.9. The lowest BCUT2D eigenvalue weighted by atomic mass is 9.80. The lowest BCUT2D eigenvalue weighted by molar-refractivity contribution is 0.458. The van der Waals surface area contributed by atoms with E-state index >= 15 is 0 Å². The van der Waals surface area contributed by atoms with Crippen LogP contribution in [0.25, 0.3) is 0 Å². The Morgan fingerprint density at radius 2 is 0.711 bits per heavy atom. The molecule has 0 fully saturated rings. The van der Waals surface area contributed by atoms with Gasteiger partial charge in [-0.05, 0) is 72.5 Å². The Bertz CT molecular complexity index is 1460. The summed E-state index contributed by atoms with van der Waals surface area (Å²) in [6.45, 7) is 3.97. The standard InChI is InChI=1S/C34H30O4/c1-21-3-17-31(37)29(19-21)34(30-20-22(2)4-18-32(30)38)26-7-5-23(6-8-26)33(24-9-13-27(35)14-10-24)25-11-15-28(36)16-12-25/h3-20,33-38H,1-2H3. The minimum absolute atomic E-state index is 0.122. The summed E-state index contributed by atoms with van der Waals surface area (Å²) in [4.78, 5) is 0. The third-order valence-electron chi connectivity index (χ3n) is 7.04. The summed E-state index contributed by atoms with van der Waals surface area (Å²) in [7, 11) is 0. The van der Waals surface area contributed by atoms with Crippen LogP contribution >= 0.6 is 0 Å². The molecular formula is C34H30O4. The first kappa shape index (κ1) is 25.0. The second kappa shape index (κ2) is 10.3. The van der Waals surface area contributed by atoms with Gasteiger partial charge < -0.3 is 20.4 Å². The van der Waals surface area contributed by atoms with Gasteiger partial charge in [-0.1, -0.05) is 83.9 Å². The highest BCUT2D eigenvalue weighted by molar-refractivity contribution is 5.55. The van der Waals surface area contributed by atoms with Gasteiger partial charge in [0, 0.05) is 23.0 Å². The Morgan fingerprint density at radius 1 is 0.395 bits per heavy atom. The fraction of sp³-hybridized carbons (Fsp3) is 0.118. The fourth-order valence-electron chi connectivity index (χ4n) is 5.13. The Labute approximate surface area is 222 Å². The number of phenolic OH excluding ortho intramolecular Hbond substituents is 4. The van der Waals surface area contributed by atoms with Crippen molar-refractivity contribution in [2.75, 3.05) is 0 Å². The number of hydrogen-bond donors (Lipinski definition) is 4. The van der Waals surface area contributed by atoms with Crippen LogP contribution in [0.1, 0.15) is 56.3 Å². The lowest BCUT2D eigenvalue weighted by Gasteiger charge is -2.24. The zero-order chi connectivity index (χ0) is 26.8. The largest absolute Gasteiger partial charge is 0.508 e. The van der Waals surface area contributed by atoms with Crippen molar-refractivity contribution >= 4 is 0 Å². The predicted octanol–water partition coefficient (Wildman–Crippen LogP) is 7.49. The maximum atomic E-state index is 10.9. The molecule has 0 saturated carbocycles. The third kappa shape index (κ3) is 5.07. The van der Waals surface area contributed by atoms with Gasteiger partial charge in [-0.15, -0.1) is 0 Å². The van der Waals surface area contributed by atoms with E-state index in [9.17, 15) is 20.4 Å². The molecule has 5 aromatic carbocycles. The van der Waals surface area contributed by atoms with Crippen LogP contribution in [-0.4, -0.2) is 20.4 Å². The van der Waals surface area contributed by atoms with Crippen LogP contribution in [0.5, 0.6) is 23.0 Å². The van der Waals surface area contributed by atoms with Gasteiger partial charge in [0.2, 0.25) is 0 Å². The Morgan fingerprint density at radius 3 is 1.08 bits per heavy atom. The van der Waals surface area contributed by atoms with Gasteiger partial charge >= 0.3 is 0 Å². The van der Waals surface area contributed by atoms with Gasteiger partial charge in [0.1, 0.15) is 23.0 Å². The van der Waals surface area contributed by atoms with Crippen LogP contribution in [-0.2, 0) is 0 Å². The summed E-state index contributed by atoms with van der Waals surface area (Å²) in [6.07, 6.45) is 0. The molecule has 0 bridgehead atoms. The zero-order valence-electron chi connectivity index (χ0n) is 21.3. The summed E-state index contributed by atoms with van der Waals surface area (Å²) in [5.74, 6) is 0.265. The molecule has 0 aromatic heterocycles. The second-order valence-electron chi connectivity index (χ2n) is 9.84. The topological polar surface area (TPSA) is 80.9 Å². The summed E-state index contributed by atoms with van der Waals surface area (Å²) in [6, 6.07) is 33.6. The van der Waals surface area contributed by atoms with Crippen molar-refractivity contribution in [1.82, 2.24) is 0 Å². The van der Waals surface area contributed by atoms with E-state index in [1.807, 2.05) is 74.5 Å². The minimum atomic E-state index is -0.371. The van der Waals surface area contributed by atoms with Gasteiger partial charge in [0.15, 0.2) is 0 Å². The normalized spacial score (nSPS) is 11.3. The minimum Gasteiger partial charge on any atom is -0.508 e. The van der Waals surface area contributed by atoms with E-state index in [0.29, 0.717) is 0 Å². The number of aryl methyl sites for hydroxylation is 2. The molecule has 0 heterocycles. The summed E-state index contributed by atoms with van der Waals surface area (Å²) >= 11 is 0. The van der Waals surface area contributed by atoms with Crippen molar-refractivity contribution < 1.29 is 20.4 Å². The number of phenols is 4. The van der Waals surface area contributed by atoms with Crippen LogP contribution in [0.15, 0.2) is 109 Å². The van der Waals surface area contributed by atoms with Crippen molar-refractivity contribution in [2.24, 2.45) is 0 Å². The van der Waals surface area contributed by atoms with E-state index in [2.05, 4.69) is 12.1 Å². The Kier molecular flexibility index (Phi) is 6.80. The van der Waals surface area contributed by atoms with Crippen LogP contribution in [0.4, 0.5) is 0 Å². The molecule has 0 atom stereocenters. The molecule has 4 heteroatoms. The first-order valence-corrected chi connectivity index (χ1v) is 12.6. The molecule has 5 aromatic rings. The van der Waals surface area contributed by atoms with E-state index in [1.165, 1.54) is 0 Å². The highest BCUT2D eigenvalue weighted by atomic mass is 16.3. The van der Waals surface area contributed by atoms with Gasteiger partial charge in [0.05, 0.1) is 0 Å². The number of rotatable bonds is 6. The molecule has 4 N–H and O–H groups in total. The number of hydrogen-bond acceptors (Lipinski definition) is 4. The van der Waals surface area contributed by atoms with Crippen molar-refractivity contribution in [3.05, 3.63) is 154 Å². The first-order valence-electron chi connectivity index (χ1n) is 12.6. The fourth-order valence-corrected chi connectivity index (χ4v) is 5.13. The molecule has 0 unspecified atom stereocenters. The van der Waals surface area contributed by atoms with E-state index in [-0.39, 0.29) is 34.8 Å². The van der Waals surface area contributed by atoms with E-state index in [1.54, 1.807) is 36.4 Å².